The van der Waals surface area contributed by atoms with E-state index in [1.54, 1.807) is 11.8 Å². The highest BCUT2D eigenvalue weighted by atomic mass is 32.2. The molecule has 1 amide bonds. The quantitative estimate of drug-likeness (QED) is 0.877. The standard InChI is InChI=1S/C14H20FN3OS/c1-3-16-13-12(15)9(7-8-17-13)14(19)18-10-5-4-6-11(10)20-2/h7-8,10-11H,3-6H2,1-2H3,(H,16,17)(H,18,19). The van der Waals surface area contributed by atoms with Gasteiger partial charge in [0, 0.05) is 24.0 Å². The Balaban J connectivity index is 2.11. The number of aromatic nitrogens is 1. The summed E-state index contributed by atoms with van der Waals surface area (Å²) in [5.74, 6) is -0.798. The van der Waals surface area contributed by atoms with Crippen molar-refractivity contribution in [3.8, 4) is 0 Å². The van der Waals surface area contributed by atoms with Crippen LogP contribution in [0.15, 0.2) is 12.3 Å². The molecule has 1 aromatic heterocycles. The molecule has 110 valence electrons. The first-order valence-electron chi connectivity index (χ1n) is 6.89. The van der Waals surface area contributed by atoms with Gasteiger partial charge in [-0.2, -0.15) is 11.8 Å². The van der Waals surface area contributed by atoms with Gasteiger partial charge in [0.1, 0.15) is 0 Å². The molecule has 1 aliphatic carbocycles. The number of pyridine rings is 1. The van der Waals surface area contributed by atoms with E-state index in [2.05, 4.69) is 15.6 Å². The first kappa shape index (κ1) is 15.1. The molecule has 2 N–H and O–H groups in total. The summed E-state index contributed by atoms with van der Waals surface area (Å²) in [4.78, 5) is 16.1. The number of rotatable bonds is 5. The summed E-state index contributed by atoms with van der Waals surface area (Å²) in [5.41, 5.74) is 0.0581. The second-order valence-electron chi connectivity index (χ2n) is 4.84. The van der Waals surface area contributed by atoms with Crippen LogP contribution in [0.4, 0.5) is 10.2 Å². The van der Waals surface area contributed by atoms with Crippen LogP contribution in [0.1, 0.15) is 36.5 Å². The maximum atomic E-state index is 14.2. The highest BCUT2D eigenvalue weighted by molar-refractivity contribution is 7.99. The van der Waals surface area contributed by atoms with Gasteiger partial charge in [-0.25, -0.2) is 9.37 Å². The Kier molecular flexibility index (Phi) is 5.23. The number of thioether (sulfide) groups is 1. The summed E-state index contributed by atoms with van der Waals surface area (Å²) in [5, 5.41) is 6.19. The van der Waals surface area contributed by atoms with Crippen LogP contribution in [0, 0.1) is 5.82 Å². The molecule has 0 aromatic carbocycles. The Bertz CT molecular complexity index is 483. The van der Waals surface area contributed by atoms with Crippen LogP contribution >= 0.6 is 11.8 Å². The third-order valence-corrected chi connectivity index (χ3v) is 4.72. The van der Waals surface area contributed by atoms with Crippen molar-refractivity contribution >= 4 is 23.5 Å². The van der Waals surface area contributed by atoms with Crippen LogP contribution in [0.5, 0.6) is 0 Å². The lowest BCUT2D eigenvalue weighted by atomic mass is 10.2. The maximum Gasteiger partial charge on any atom is 0.254 e. The number of nitrogens with zero attached hydrogens (tertiary/aromatic N) is 1. The first-order chi connectivity index (χ1) is 9.67. The third kappa shape index (κ3) is 3.23. The molecule has 1 aromatic rings. The molecule has 20 heavy (non-hydrogen) atoms. The van der Waals surface area contributed by atoms with Gasteiger partial charge in [0.25, 0.3) is 5.91 Å². The number of hydrogen-bond acceptors (Lipinski definition) is 4. The van der Waals surface area contributed by atoms with Gasteiger partial charge in [-0.3, -0.25) is 4.79 Å². The molecule has 0 spiro atoms. The molecule has 1 fully saturated rings. The van der Waals surface area contributed by atoms with Crippen molar-refractivity contribution < 1.29 is 9.18 Å². The van der Waals surface area contributed by atoms with Crippen molar-refractivity contribution in [3.05, 3.63) is 23.6 Å². The average molecular weight is 297 g/mol. The molecule has 1 heterocycles. The normalized spacial score (nSPS) is 21.8. The van der Waals surface area contributed by atoms with Crippen molar-refractivity contribution in [1.82, 2.24) is 10.3 Å². The van der Waals surface area contributed by atoms with E-state index >= 15 is 0 Å². The van der Waals surface area contributed by atoms with Gasteiger partial charge in [-0.05, 0) is 32.1 Å². The summed E-state index contributed by atoms with van der Waals surface area (Å²) >= 11 is 1.76. The van der Waals surface area contributed by atoms with Crippen LogP contribution in [0.2, 0.25) is 0 Å². The van der Waals surface area contributed by atoms with Crippen molar-refractivity contribution in [3.63, 3.8) is 0 Å². The average Bonchev–Trinajstić information content (AvgIpc) is 2.88. The highest BCUT2D eigenvalue weighted by Crippen LogP contribution is 2.28. The fraction of sp³-hybridized carbons (Fsp3) is 0.571. The van der Waals surface area contributed by atoms with E-state index < -0.39 is 5.82 Å². The number of halogens is 1. The topological polar surface area (TPSA) is 54.0 Å². The zero-order valence-electron chi connectivity index (χ0n) is 11.8. The molecule has 0 saturated heterocycles. The number of carbonyl (C=O) groups excluding carboxylic acids is 1. The van der Waals surface area contributed by atoms with E-state index in [9.17, 15) is 9.18 Å². The van der Waals surface area contributed by atoms with Crippen molar-refractivity contribution in [1.29, 1.82) is 0 Å². The Hall–Kier alpha value is -1.30. The highest BCUT2D eigenvalue weighted by Gasteiger charge is 2.29. The van der Waals surface area contributed by atoms with Crippen LogP contribution < -0.4 is 10.6 Å². The molecule has 4 nitrogen and oxygen atoms in total. The van der Waals surface area contributed by atoms with Crippen LogP contribution in [-0.4, -0.2) is 35.0 Å². The Labute approximate surface area is 122 Å². The van der Waals surface area contributed by atoms with Gasteiger partial charge in [0.2, 0.25) is 0 Å². The predicted octanol–water partition coefficient (Wildman–Crippen LogP) is 2.67. The second-order valence-corrected chi connectivity index (χ2v) is 5.91. The lowest BCUT2D eigenvalue weighted by Crippen LogP contribution is -2.39. The van der Waals surface area contributed by atoms with Crippen LogP contribution in [-0.2, 0) is 0 Å². The molecule has 0 bridgehead atoms. The van der Waals surface area contributed by atoms with Gasteiger partial charge >= 0.3 is 0 Å². The minimum Gasteiger partial charge on any atom is -0.368 e. The maximum absolute atomic E-state index is 14.2. The Morgan fingerprint density at radius 1 is 1.55 bits per heavy atom. The van der Waals surface area contributed by atoms with Gasteiger partial charge in [-0.1, -0.05) is 6.42 Å². The summed E-state index contributed by atoms with van der Waals surface area (Å²) in [6.07, 6.45) is 6.68. The molecule has 2 rings (SSSR count). The molecule has 2 unspecified atom stereocenters. The molecule has 6 heteroatoms. The summed E-state index contributed by atoms with van der Waals surface area (Å²) in [6, 6.07) is 1.56. The van der Waals surface area contributed by atoms with Crippen molar-refractivity contribution in [2.24, 2.45) is 0 Å². The summed E-state index contributed by atoms with van der Waals surface area (Å²) in [6.45, 7) is 2.42. The minimum absolute atomic E-state index is 0.0581. The number of hydrogen-bond donors (Lipinski definition) is 2. The number of anilines is 1. The largest absolute Gasteiger partial charge is 0.368 e. The third-order valence-electron chi connectivity index (χ3n) is 3.55. The molecular formula is C14H20FN3OS. The Morgan fingerprint density at radius 3 is 3.05 bits per heavy atom. The van der Waals surface area contributed by atoms with E-state index in [0.717, 1.165) is 19.3 Å². The molecular weight excluding hydrogens is 277 g/mol. The first-order valence-corrected chi connectivity index (χ1v) is 8.18. The molecule has 2 atom stereocenters. The fourth-order valence-electron chi connectivity index (χ4n) is 2.53. The van der Waals surface area contributed by atoms with Crippen molar-refractivity contribution in [2.75, 3.05) is 18.1 Å². The lowest BCUT2D eigenvalue weighted by Gasteiger charge is -2.19. The molecule has 1 aliphatic rings. The summed E-state index contributed by atoms with van der Waals surface area (Å²) in [7, 11) is 0. The number of amides is 1. The minimum atomic E-state index is -0.578. The summed E-state index contributed by atoms with van der Waals surface area (Å²) < 4.78 is 14.2. The zero-order valence-corrected chi connectivity index (χ0v) is 12.6. The zero-order chi connectivity index (χ0) is 14.5. The Morgan fingerprint density at radius 2 is 2.35 bits per heavy atom. The SMILES string of the molecule is CCNc1nccc(C(=O)NC2CCCC2SC)c1F. The van der Waals surface area contributed by atoms with Gasteiger partial charge in [0.15, 0.2) is 11.6 Å². The number of nitrogens with one attached hydrogen (secondary N) is 2. The molecule has 0 aliphatic heterocycles. The lowest BCUT2D eigenvalue weighted by molar-refractivity contribution is 0.0934. The van der Waals surface area contributed by atoms with Crippen LogP contribution in [0.3, 0.4) is 0 Å². The van der Waals surface area contributed by atoms with E-state index in [4.69, 9.17) is 0 Å². The molecule has 0 radical (unpaired) electrons. The fourth-order valence-corrected chi connectivity index (χ4v) is 3.46. The smallest absolute Gasteiger partial charge is 0.254 e. The van der Waals surface area contributed by atoms with E-state index in [1.165, 1.54) is 12.3 Å². The molecule has 1 saturated carbocycles. The van der Waals surface area contributed by atoms with E-state index in [-0.39, 0.29) is 23.3 Å². The number of carbonyl (C=O) groups is 1. The van der Waals surface area contributed by atoms with Crippen LogP contribution in [0.25, 0.3) is 0 Å². The van der Waals surface area contributed by atoms with E-state index in [0.29, 0.717) is 11.8 Å². The van der Waals surface area contributed by atoms with Gasteiger partial charge in [-0.15, -0.1) is 0 Å². The van der Waals surface area contributed by atoms with E-state index in [1.807, 2.05) is 13.2 Å². The van der Waals surface area contributed by atoms with Crippen molar-refractivity contribution in [2.45, 2.75) is 37.5 Å². The van der Waals surface area contributed by atoms with Gasteiger partial charge < -0.3 is 10.6 Å². The predicted molar refractivity (Wildman–Crippen MR) is 80.8 cm³/mol. The second kappa shape index (κ2) is 6.92. The van der Waals surface area contributed by atoms with Gasteiger partial charge in [0.05, 0.1) is 5.56 Å². The monoisotopic (exact) mass is 297 g/mol.